The van der Waals surface area contributed by atoms with Crippen LogP contribution in [0, 0.1) is 5.92 Å². The molecule has 2 N–H and O–H groups in total. The Hall–Kier alpha value is -0.910. The number of aliphatic carboxylic acids is 1. The molecular weight excluding hydrogens is 264 g/mol. The molecule has 5 nitrogen and oxygen atoms in total. The van der Waals surface area contributed by atoms with Crippen molar-refractivity contribution in [1.29, 1.82) is 0 Å². The summed E-state index contributed by atoms with van der Waals surface area (Å²) in [7, 11) is 0. The Balaban J connectivity index is 1.97. The van der Waals surface area contributed by atoms with E-state index in [9.17, 15) is 14.7 Å². The topological polar surface area (TPSA) is 69.6 Å². The molecule has 0 aromatic heterocycles. The zero-order chi connectivity index (χ0) is 14.0. The molecule has 108 valence electrons. The van der Waals surface area contributed by atoms with Crippen LogP contribution in [0.2, 0.25) is 0 Å². The molecule has 0 bridgehead atoms. The van der Waals surface area contributed by atoms with Crippen LogP contribution in [0.4, 0.5) is 4.79 Å². The van der Waals surface area contributed by atoms with Gasteiger partial charge in [-0.05, 0) is 32.1 Å². The summed E-state index contributed by atoms with van der Waals surface area (Å²) in [5, 5.41) is 12.6. The van der Waals surface area contributed by atoms with Gasteiger partial charge >= 0.3 is 12.0 Å². The number of carboxylic acids is 1. The van der Waals surface area contributed by atoms with Crippen LogP contribution >= 0.6 is 11.8 Å². The van der Waals surface area contributed by atoms with Gasteiger partial charge in [-0.15, -0.1) is 0 Å². The highest BCUT2D eigenvalue weighted by molar-refractivity contribution is 8.00. The Morgan fingerprint density at radius 3 is 2.68 bits per heavy atom. The Labute approximate surface area is 118 Å². The molecule has 2 unspecified atom stereocenters. The van der Waals surface area contributed by atoms with Crippen molar-refractivity contribution in [1.82, 2.24) is 10.2 Å². The molecule has 2 rings (SSSR count). The molecular formula is C13H22N2O3S. The van der Waals surface area contributed by atoms with Gasteiger partial charge in [-0.25, -0.2) is 9.59 Å². The Morgan fingerprint density at radius 1 is 1.47 bits per heavy atom. The number of nitrogens with zero attached hydrogens (tertiary/aromatic N) is 1. The van der Waals surface area contributed by atoms with Gasteiger partial charge in [0.25, 0.3) is 0 Å². The molecule has 19 heavy (non-hydrogen) atoms. The van der Waals surface area contributed by atoms with Gasteiger partial charge in [-0.3, -0.25) is 0 Å². The van der Waals surface area contributed by atoms with Crippen molar-refractivity contribution in [2.75, 3.05) is 18.8 Å². The van der Waals surface area contributed by atoms with E-state index in [-0.39, 0.29) is 11.9 Å². The van der Waals surface area contributed by atoms with Gasteiger partial charge in [0, 0.05) is 24.1 Å². The van der Waals surface area contributed by atoms with E-state index in [2.05, 4.69) is 12.2 Å². The Bertz CT molecular complexity index is 373. The van der Waals surface area contributed by atoms with Crippen molar-refractivity contribution >= 4 is 23.8 Å². The molecule has 0 aromatic carbocycles. The molecule has 1 heterocycles. The summed E-state index contributed by atoms with van der Waals surface area (Å²) in [6.07, 6.45) is 2.81. The third kappa shape index (κ3) is 3.16. The largest absolute Gasteiger partial charge is 0.480 e. The van der Waals surface area contributed by atoms with Crippen molar-refractivity contribution < 1.29 is 14.7 Å². The minimum atomic E-state index is -1.11. The molecule has 2 amide bonds. The van der Waals surface area contributed by atoms with E-state index in [1.165, 1.54) is 0 Å². The van der Waals surface area contributed by atoms with E-state index in [1.807, 2.05) is 11.8 Å². The third-order valence-electron chi connectivity index (χ3n) is 4.09. The summed E-state index contributed by atoms with van der Waals surface area (Å²) in [4.78, 5) is 25.4. The molecule has 0 spiro atoms. The number of carbonyl (C=O) groups excluding carboxylic acids is 1. The van der Waals surface area contributed by atoms with Crippen LogP contribution in [0.25, 0.3) is 0 Å². The number of amides is 2. The number of carboxylic acid groups (broad SMARTS) is 1. The van der Waals surface area contributed by atoms with Crippen LogP contribution in [-0.4, -0.2) is 51.6 Å². The average Bonchev–Trinajstić information content (AvgIpc) is 3.23. The van der Waals surface area contributed by atoms with Gasteiger partial charge in [0.2, 0.25) is 0 Å². The molecule has 6 heteroatoms. The first-order valence-electron chi connectivity index (χ1n) is 6.89. The van der Waals surface area contributed by atoms with Gasteiger partial charge in [0.05, 0.1) is 0 Å². The zero-order valence-corrected chi connectivity index (χ0v) is 12.3. The molecule has 2 atom stereocenters. The first-order valence-corrected chi connectivity index (χ1v) is 7.94. The second kappa shape index (κ2) is 5.61. The summed E-state index contributed by atoms with van der Waals surface area (Å²) in [5.74, 6) is 0.0796. The minimum absolute atomic E-state index is 0.0788. The molecule has 1 saturated carbocycles. The van der Waals surface area contributed by atoms with Crippen molar-refractivity contribution in [3.8, 4) is 0 Å². The number of thioether (sulfide) groups is 1. The van der Waals surface area contributed by atoms with E-state index in [0.29, 0.717) is 18.3 Å². The van der Waals surface area contributed by atoms with E-state index in [0.717, 1.165) is 25.0 Å². The van der Waals surface area contributed by atoms with Gasteiger partial charge in [0.15, 0.2) is 0 Å². The van der Waals surface area contributed by atoms with Crippen LogP contribution in [-0.2, 0) is 4.79 Å². The normalized spacial score (nSPS) is 26.6. The van der Waals surface area contributed by atoms with Crippen molar-refractivity contribution in [2.45, 2.75) is 43.9 Å². The van der Waals surface area contributed by atoms with Crippen LogP contribution in [0.5, 0.6) is 0 Å². The fourth-order valence-corrected chi connectivity index (χ4v) is 3.62. The molecule has 2 aliphatic rings. The zero-order valence-electron chi connectivity index (χ0n) is 11.5. The van der Waals surface area contributed by atoms with E-state index < -0.39 is 11.5 Å². The summed E-state index contributed by atoms with van der Waals surface area (Å²) < 4.78 is 0. The van der Waals surface area contributed by atoms with Gasteiger partial charge in [-0.2, -0.15) is 11.8 Å². The fraction of sp³-hybridized carbons (Fsp3) is 0.846. The lowest BCUT2D eigenvalue weighted by molar-refractivity contribution is -0.144. The highest BCUT2D eigenvalue weighted by Gasteiger charge is 2.49. The van der Waals surface area contributed by atoms with E-state index in [4.69, 9.17) is 0 Å². The summed E-state index contributed by atoms with van der Waals surface area (Å²) >= 11 is 1.89. The molecule has 0 aromatic rings. The lowest BCUT2D eigenvalue weighted by atomic mass is 9.96. The lowest BCUT2D eigenvalue weighted by Crippen LogP contribution is -2.59. The first kappa shape index (κ1) is 14.5. The maximum absolute atomic E-state index is 12.3. The predicted octanol–water partition coefficient (Wildman–Crippen LogP) is 1.78. The maximum Gasteiger partial charge on any atom is 0.329 e. The van der Waals surface area contributed by atoms with Crippen molar-refractivity contribution in [3.63, 3.8) is 0 Å². The van der Waals surface area contributed by atoms with Crippen LogP contribution < -0.4 is 5.32 Å². The Kier molecular flexibility index (Phi) is 4.28. The van der Waals surface area contributed by atoms with Gasteiger partial charge < -0.3 is 15.3 Å². The first-order chi connectivity index (χ1) is 8.97. The standard InChI is InChI=1S/C13H22N2O3S/c1-3-10-8-15(6-7-19-10)12(18)14-13(2,11(16)17)9-4-5-9/h9-10H,3-8H2,1-2H3,(H,14,18)(H,16,17). The second-order valence-electron chi connectivity index (χ2n) is 5.56. The summed E-state index contributed by atoms with van der Waals surface area (Å²) in [5.41, 5.74) is -1.11. The van der Waals surface area contributed by atoms with Gasteiger partial charge in [-0.1, -0.05) is 6.92 Å². The molecule has 0 radical (unpaired) electrons. The molecule has 2 fully saturated rings. The SMILES string of the molecule is CCC1CN(C(=O)NC(C)(C(=O)O)C2CC2)CCS1. The quantitative estimate of drug-likeness (QED) is 0.826. The van der Waals surface area contributed by atoms with Crippen molar-refractivity contribution in [2.24, 2.45) is 5.92 Å². The number of carbonyl (C=O) groups is 2. The monoisotopic (exact) mass is 286 g/mol. The van der Waals surface area contributed by atoms with Crippen LogP contribution in [0.1, 0.15) is 33.1 Å². The maximum atomic E-state index is 12.3. The fourth-order valence-electron chi connectivity index (χ4n) is 2.44. The van der Waals surface area contributed by atoms with E-state index >= 15 is 0 Å². The summed E-state index contributed by atoms with van der Waals surface area (Å²) in [6.45, 7) is 5.16. The number of rotatable bonds is 4. The predicted molar refractivity (Wildman–Crippen MR) is 75.4 cm³/mol. The molecule has 1 saturated heterocycles. The van der Waals surface area contributed by atoms with Crippen LogP contribution in [0.3, 0.4) is 0 Å². The average molecular weight is 286 g/mol. The third-order valence-corrected chi connectivity index (χ3v) is 5.46. The smallest absolute Gasteiger partial charge is 0.329 e. The van der Waals surface area contributed by atoms with E-state index in [1.54, 1.807) is 11.8 Å². The second-order valence-corrected chi connectivity index (χ2v) is 6.97. The number of urea groups is 1. The van der Waals surface area contributed by atoms with Crippen LogP contribution in [0.15, 0.2) is 0 Å². The number of nitrogens with one attached hydrogen (secondary N) is 1. The Morgan fingerprint density at radius 2 is 2.16 bits per heavy atom. The minimum Gasteiger partial charge on any atom is -0.480 e. The molecule has 1 aliphatic carbocycles. The highest BCUT2D eigenvalue weighted by Crippen LogP contribution is 2.39. The molecule has 1 aliphatic heterocycles. The number of hydrogen-bond donors (Lipinski definition) is 2. The highest BCUT2D eigenvalue weighted by atomic mass is 32.2. The lowest BCUT2D eigenvalue weighted by Gasteiger charge is -2.35. The van der Waals surface area contributed by atoms with Crippen molar-refractivity contribution in [3.05, 3.63) is 0 Å². The van der Waals surface area contributed by atoms with Gasteiger partial charge in [0.1, 0.15) is 5.54 Å². The number of hydrogen-bond acceptors (Lipinski definition) is 3. The summed E-state index contributed by atoms with van der Waals surface area (Å²) in [6, 6.07) is -0.226.